The Morgan fingerprint density at radius 3 is 2.72 bits per heavy atom. The molecule has 4 nitrogen and oxygen atoms in total. The molecular formula is C14H20N4. The second kappa shape index (κ2) is 5.12. The number of hydrogen-bond donors (Lipinski definition) is 1. The summed E-state index contributed by atoms with van der Waals surface area (Å²) in [5, 5.41) is 4.46. The fourth-order valence-electron chi connectivity index (χ4n) is 1.99. The third kappa shape index (κ3) is 2.64. The third-order valence-electron chi connectivity index (χ3n) is 3.10. The Morgan fingerprint density at radius 2 is 2.11 bits per heavy atom. The molecule has 4 heteroatoms. The zero-order valence-corrected chi connectivity index (χ0v) is 11.2. The van der Waals surface area contributed by atoms with Gasteiger partial charge in [-0.05, 0) is 30.7 Å². The lowest BCUT2D eigenvalue weighted by molar-refractivity contribution is 0.689. The van der Waals surface area contributed by atoms with E-state index in [1.165, 1.54) is 5.69 Å². The van der Waals surface area contributed by atoms with E-state index in [0.29, 0.717) is 0 Å². The normalized spacial score (nSPS) is 10.6. The monoisotopic (exact) mass is 244 g/mol. The molecule has 0 saturated carbocycles. The van der Waals surface area contributed by atoms with E-state index in [-0.39, 0.29) is 0 Å². The van der Waals surface area contributed by atoms with Crippen LogP contribution in [-0.2, 0) is 20.0 Å². The Hall–Kier alpha value is -1.97. The van der Waals surface area contributed by atoms with E-state index in [1.54, 1.807) is 0 Å². The third-order valence-corrected chi connectivity index (χ3v) is 3.10. The van der Waals surface area contributed by atoms with Gasteiger partial charge in [0, 0.05) is 25.5 Å². The van der Waals surface area contributed by atoms with Crippen LogP contribution in [0.2, 0.25) is 0 Å². The van der Waals surface area contributed by atoms with E-state index in [1.807, 2.05) is 29.9 Å². The largest absolute Gasteiger partial charge is 0.399 e. The smallest absolute Gasteiger partial charge is 0.0625 e. The summed E-state index contributed by atoms with van der Waals surface area (Å²) in [6, 6.07) is 10.1. The number of nitrogens with zero attached hydrogens (tertiary/aromatic N) is 3. The summed E-state index contributed by atoms with van der Waals surface area (Å²) in [5.41, 5.74) is 10.0. The first-order valence-corrected chi connectivity index (χ1v) is 6.18. The van der Waals surface area contributed by atoms with E-state index in [0.717, 1.165) is 30.0 Å². The van der Waals surface area contributed by atoms with Gasteiger partial charge >= 0.3 is 0 Å². The van der Waals surface area contributed by atoms with Crippen LogP contribution in [0.25, 0.3) is 0 Å². The van der Waals surface area contributed by atoms with Crippen LogP contribution in [0.4, 0.5) is 11.4 Å². The Balaban J connectivity index is 2.15. The van der Waals surface area contributed by atoms with Crippen molar-refractivity contribution in [1.29, 1.82) is 0 Å². The summed E-state index contributed by atoms with van der Waals surface area (Å²) in [7, 11) is 4.05. The molecule has 0 spiro atoms. The predicted octanol–water partition coefficient (Wildman–Crippen LogP) is 2.20. The maximum Gasteiger partial charge on any atom is 0.0625 e. The zero-order chi connectivity index (χ0) is 13.1. The van der Waals surface area contributed by atoms with E-state index < -0.39 is 0 Å². The number of benzene rings is 1. The molecule has 2 aromatic rings. The zero-order valence-electron chi connectivity index (χ0n) is 11.2. The number of nitrogen functional groups attached to an aromatic ring is 1. The van der Waals surface area contributed by atoms with Gasteiger partial charge in [0.15, 0.2) is 0 Å². The quantitative estimate of drug-likeness (QED) is 0.839. The molecule has 0 unspecified atom stereocenters. The van der Waals surface area contributed by atoms with Gasteiger partial charge in [-0.1, -0.05) is 13.0 Å². The highest BCUT2D eigenvalue weighted by Gasteiger charge is 2.07. The minimum absolute atomic E-state index is 0.790. The lowest BCUT2D eigenvalue weighted by Crippen LogP contribution is -2.18. The molecule has 2 rings (SSSR count). The highest BCUT2D eigenvalue weighted by atomic mass is 15.3. The van der Waals surface area contributed by atoms with Crippen LogP contribution < -0.4 is 10.6 Å². The van der Waals surface area contributed by atoms with Crippen molar-refractivity contribution in [3.05, 3.63) is 41.7 Å². The SMILES string of the molecule is CCc1cc(CN(C)c2cccc(N)c2)n(C)n1. The van der Waals surface area contributed by atoms with Crippen LogP contribution in [0.5, 0.6) is 0 Å². The van der Waals surface area contributed by atoms with Crippen molar-refractivity contribution in [2.45, 2.75) is 19.9 Å². The molecular weight excluding hydrogens is 224 g/mol. The van der Waals surface area contributed by atoms with Gasteiger partial charge in [0.25, 0.3) is 0 Å². The summed E-state index contributed by atoms with van der Waals surface area (Å²) < 4.78 is 1.95. The van der Waals surface area contributed by atoms with Gasteiger partial charge in [-0.15, -0.1) is 0 Å². The van der Waals surface area contributed by atoms with Gasteiger partial charge in [-0.25, -0.2) is 0 Å². The van der Waals surface area contributed by atoms with Crippen molar-refractivity contribution in [2.75, 3.05) is 17.7 Å². The Labute approximate surface area is 108 Å². The molecule has 0 fully saturated rings. The number of rotatable bonds is 4. The second-order valence-electron chi connectivity index (χ2n) is 4.56. The van der Waals surface area contributed by atoms with Crippen LogP contribution in [0.15, 0.2) is 30.3 Å². The maximum absolute atomic E-state index is 5.80. The summed E-state index contributed by atoms with van der Waals surface area (Å²) in [5.74, 6) is 0. The van der Waals surface area contributed by atoms with Crippen molar-refractivity contribution in [3.8, 4) is 0 Å². The van der Waals surface area contributed by atoms with Crippen LogP contribution in [0, 0.1) is 0 Å². The van der Waals surface area contributed by atoms with E-state index in [2.05, 4.69) is 36.1 Å². The topological polar surface area (TPSA) is 47.1 Å². The van der Waals surface area contributed by atoms with Crippen molar-refractivity contribution < 1.29 is 0 Å². The second-order valence-corrected chi connectivity index (χ2v) is 4.56. The van der Waals surface area contributed by atoms with Gasteiger partial charge < -0.3 is 10.6 Å². The number of hydrogen-bond acceptors (Lipinski definition) is 3. The molecule has 0 amide bonds. The highest BCUT2D eigenvalue weighted by Crippen LogP contribution is 2.18. The van der Waals surface area contributed by atoms with E-state index in [9.17, 15) is 0 Å². The predicted molar refractivity (Wildman–Crippen MR) is 75.5 cm³/mol. The highest BCUT2D eigenvalue weighted by molar-refractivity contribution is 5.55. The minimum Gasteiger partial charge on any atom is -0.399 e. The molecule has 0 aliphatic rings. The Bertz CT molecular complexity index is 530. The number of aryl methyl sites for hydroxylation is 2. The molecule has 1 heterocycles. The first-order valence-electron chi connectivity index (χ1n) is 6.18. The molecule has 1 aromatic heterocycles. The number of nitrogens with two attached hydrogens (primary N) is 1. The fourth-order valence-corrected chi connectivity index (χ4v) is 1.99. The molecule has 0 bridgehead atoms. The fraction of sp³-hybridized carbons (Fsp3) is 0.357. The standard InChI is InChI=1S/C14H20N4/c1-4-12-9-14(18(3)16-12)10-17(2)13-7-5-6-11(15)8-13/h5-9H,4,10,15H2,1-3H3. The number of aromatic nitrogens is 2. The van der Waals surface area contributed by atoms with Gasteiger partial charge in [-0.2, -0.15) is 5.10 Å². The molecule has 1 aromatic carbocycles. The molecule has 0 aliphatic heterocycles. The van der Waals surface area contributed by atoms with Crippen LogP contribution >= 0.6 is 0 Å². The van der Waals surface area contributed by atoms with Crippen LogP contribution in [-0.4, -0.2) is 16.8 Å². The molecule has 18 heavy (non-hydrogen) atoms. The van der Waals surface area contributed by atoms with Crippen LogP contribution in [0.1, 0.15) is 18.3 Å². The summed E-state index contributed by atoms with van der Waals surface area (Å²) in [4.78, 5) is 2.17. The Morgan fingerprint density at radius 1 is 1.33 bits per heavy atom. The average Bonchev–Trinajstić information content (AvgIpc) is 2.70. The first kappa shape index (κ1) is 12.5. The molecule has 0 aliphatic carbocycles. The van der Waals surface area contributed by atoms with Crippen molar-refractivity contribution >= 4 is 11.4 Å². The number of anilines is 2. The lowest BCUT2D eigenvalue weighted by atomic mass is 10.2. The van der Waals surface area contributed by atoms with Gasteiger partial charge in [0.1, 0.15) is 0 Å². The molecule has 96 valence electrons. The average molecular weight is 244 g/mol. The molecule has 2 N–H and O–H groups in total. The van der Waals surface area contributed by atoms with E-state index >= 15 is 0 Å². The van der Waals surface area contributed by atoms with E-state index in [4.69, 9.17) is 5.73 Å². The maximum atomic E-state index is 5.80. The van der Waals surface area contributed by atoms with Crippen molar-refractivity contribution in [2.24, 2.45) is 7.05 Å². The minimum atomic E-state index is 0.790. The first-order chi connectivity index (χ1) is 8.60. The van der Waals surface area contributed by atoms with Crippen molar-refractivity contribution in [3.63, 3.8) is 0 Å². The molecule has 0 radical (unpaired) electrons. The Kier molecular flexibility index (Phi) is 3.55. The summed E-state index contributed by atoms with van der Waals surface area (Å²) in [6.07, 6.45) is 0.968. The summed E-state index contributed by atoms with van der Waals surface area (Å²) >= 11 is 0. The van der Waals surface area contributed by atoms with Gasteiger partial charge in [0.2, 0.25) is 0 Å². The molecule has 0 atom stereocenters. The van der Waals surface area contributed by atoms with Crippen molar-refractivity contribution in [1.82, 2.24) is 9.78 Å². The van der Waals surface area contributed by atoms with Gasteiger partial charge in [0.05, 0.1) is 17.9 Å². The summed E-state index contributed by atoms with van der Waals surface area (Å²) in [6.45, 7) is 2.95. The molecule has 0 saturated heterocycles. The lowest BCUT2D eigenvalue weighted by Gasteiger charge is -2.19. The van der Waals surface area contributed by atoms with Gasteiger partial charge in [-0.3, -0.25) is 4.68 Å². The van der Waals surface area contributed by atoms with Crippen LogP contribution in [0.3, 0.4) is 0 Å².